The molecule has 0 unspecified atom stereocenters. The topological polar surface area (TPSA) is 105 Å². The summed E-state index contributed by atoms with van der Waals surface area (Å²) in [5, 5.41) is 9.31. The number of rotatable bonds is 4. The molecule has 1 fully saturated rings. The molecule has 2 rings (SSSR count). The average Bonchev–Trinajstić information content (AvgIpc) is 2.96. The normalized spacial score (nSPS) is 20.2. The van der Waals surface area contributed by atoms with E-state index in [-0.39, 0.29) is 13.0 Å². The zero-order valence-corrected chi connectivity index (χ0v) is 14.4. The number of benzene rings is 1. The van der Waals surface area contributed by atoms with Gasteiger partial charge in [0.25, 0.3) is 5.91 Å². The number of aliphatic carboxylic acids is 1. The van der Waals surface area contributed by atoms with Crippen LogP contribution in [0, 0.1) is 0 Å². The van der Waals surface area contributed by atoms with E-state index in [0.29, 0.717) is 5.56 Å². The minimum Gasteiger partial charge on any atom is -0.480 e. The number of carbonyl (C=O) groups is 3. The third-order valence-electron chi connectivity index (χ3n) is 3.53. The van der Waals surface area contributed by atoms with E-state index in [9.17, 15) is 19.5 Å². The maximum atomic E-state index is 12.2. The van der Waals surface area contributed by atoms with E-state index in [4.69, 9.17) is 9.57 Å². The van der Waals surface area contributed by atoms with Gasteiger partial charge in [-0.2, -0.15) is 0 Å². The third kappa shape index (κ3) is 5.18. The molecule has 25 heavy (non-hydrogen) atoms. The summed E-state index contributed by atoms with van der Waals surface area (Å²) in [7, 11) is 0. The van der Waals surface area contributed by atoms with Crippen LogP contribution in [0.1, 0.15) is 37.6 Å². The second-order valence-electron chi connectivity index (χ2n) is 6.76. The van der Waals surface area contributed by atoms with Gasteiger partial charge in [0.15, 0.2) is 0 Å². The van der Waals surface area contributed by atoms with Crippen molar-refractivity contribution >= 4 is 18.0 Å². The molecule has 0 saturated carbocycles. The lowest BCUT2D eigenvalue weighted by Crippen LogP contribution is -2.43. The van der Waals surface area contributed by atoms with Crippen molar-refractivity contribution in [2.45, 2.75) is 44.9 Å². The number of carboxylic acid groups (broad SMARTS) is 1. The Kier molecular flexibility index (Phi) is 5.63. The molecule has 0 aromatic heterocycles. The summed E-state index contributed by atoms with van der Waals surface area (Å²) in [4.78, 5) is 41.9. The van der Waals surface area contributed by atoms with Crippen LogP contribution in [0.2, 0.25) is 0 Å². The number of nitrogens with zero attached hydrogens (tertiary/aromatic N) is 1. The van der Waals surface area contributed by atoms with E-state index >= 15 is 0 Å². The first kappa shape index (κ1) is 18.7. The van der Waals surface area contributed by atoms with Crippen molar-refractivity contribution in [2.75, 3.05) is 6.54 Å². The van der Waals surface area contributed by atoms with Crippen LogP contribution in [0.5, 0.6) is 0 Å². The van der Waals surface area contributed by atoms with Crippen LogP contribution < -0.4 is 5.48 Å². The van der Waals surface area contributed by atoms with Gasteiger partial charge < -0.3 is 9.84 Å². The molecule has 8 heteroatoms. The molecule has 1 aromatic rings. The van der Waals surface area contributed by atoms with E-state index in [0.717, 1.165) is 4.90 Å². The highest BCUT2D eigenvalue weighted by Gasteiger charge is 2.42. The highest BCUT2D eigenvalue weighted by atomic mass is 16.7. The molecule has 1 heterocycles. The van der Waals surface area contributed by atoms with Gasteiger partial charge in [0.1, 0.15) is 17.7 Å². The van der Waals surface area contributed by atoms with Crippen LogP contribution in [-0.4, -0.2) is 52.3 Å². The van der Waals surface area contributed by atoms with E-state index < -0.39 is 35.7 Å². The molecular formula is C17H22N2O6. The number of hydroxylamine groups is 1. The lowest BCUT2D eigenvalue weighted by atomic mass is 10.2. The predicted octanol–water partition coefficient (Wildman–Crippen LogP) is 1.81. The van der Waals surface area contributed by atoms with Gasteiger partial charge in [0.2, 0.25) is 0 Å². The lowest BCUT2D eigenvalue weighted by Gasteiger charge is -2.26. The van der Waals surface area contributed by atoms with Gasteiger partial charge >= 0.3 is 12.1 Å². The van der Waals surface area contributed by atoms with Crippen LogP contribution in [0.3, 0.4) is 0 Å². The zero-order valence-electron chi connectivity index (χ0n) is 14.4. The van der Waals surface area contributed by atoms with Gasteiger partial charge in [-0.1, -0.05) is 18.2 Å². The molecule has 136 valence electrons. The molecule has 8 nitrogen and oxygen atoms in total. The monoisotopic (exact) mass is 350 g/mol. The number of carbonyl (C=O) groups excluding carboxylic acids is 2. The quantitative estimate of drug-likeness (QED) is 0.803. The van der Waals surface area contributed by atoms with Gasteiger partial charge in [0, 0.05) is 12.0 Å². The number of hydrogen-bond donors (Lipinski definition) is 2. The Bertz CT molecular complexity index is 640. The minimum absolute atomic E-state index is 0.0148. The molecule has 2 N–H and O–H groups in total. The average molecular weight is 350 g/mol. The van der Waals surface area contributed by atoms with Gasteiger partial charge in [0.05, 0.1) is 6.54 Å². The summed E-state index contributed by atoms with van der Waals surface area (Å²) in [6.45, 7) is 5.11. The maximum Gasteiger partial charge on any atom is 0.411 e. The maximum absolute atomic E-state index is 12.2. The van der Waals surface area contributed by atoms with Crippen LogP contribution in [0.15, 0.2) is 30.3 Å². The molecule has 0 aliphatic carbocycles. The summed E-state index contributed by atoms with van der Waals surface area (Å²) in [6, 6.07) is 7.41. The molecule has 2 atom stereocenters. The molecule has 1 saturated heterocycles. The number of nitrogens with one attached hydrogen (secondary N) is 1. The third-order valence-corrected chi connectivity index (χ3v) is 3.53. The Morgan fingerprint density at radius 1 is 1.20 bits per heavy atom. The highest BCUT2D eigenvalue weighted by Crippen LogP contribution is 2.23. The van der Waals surface area contributed by atoms with Crippen LogP contribution in [-0.2, 0) is 14.4 Å². The zero-order chi connectivity index (χ0) is 18.6. The number of likely N-dealkylation sites (tertiary alicyclic amines) is 1. The highest BCUT2D eigenvalue weighted by molar-refractivity contribution is 5.93. The molecule has 0 radical (unpaired) electrons. The largest absolute Gasteiger partial charge is 0.480 e. The Morgan fingerprint density at radius 3 is 2.40 bits per heavy atom. The Labute approximate surface area is 145 Å². The summed E-state index contributed by atoms with van der Waals surface area (Å²) in [5.74, 6) is -1.59. The van der Waals surface area contributed by atoms with Crippen LogP contribution in [0.25, 0.3) is 0 Å². The van der Waals surface area contributed by atoms with Gasteiger partial charge in [-0.3, -0.25) is 14.5 Å². The van der Waals surface area contributed by atoms with Crippen molar-refractivity contribution in [3.63, 3.8) is 0 Å². The standard InChI is InChI=1S/C17H22N2O6/c1-17(2,3)24-16(23)19-10-12(9-13(19)15(21)22)25-18-14(20)11-7-5-4-6-8-11/h4-8,12-13H,9-10H2,1-3H3,(H,18,20)(H,21,22)/t12-,13+/m0/s1. The summed E-state index contributed by atoms with van der Waals surface area (Å²) >= 11 is 0. The van der Waals surface area contributed by atoms with Crippen molar-refractivity contribution in [2.24, 2.45) is 0 Å². The fraction of sp³-hybridized carbons (Fsp3) is 0.471. The second kappa shape index (κ2) is 7.52. The Balaban J connectivity index is 1.96. The summed E-state index contributed by atoms with van der Waals surface area (Å²) < 4.78 is 5.23. The molecule has 1 aliphatic heterocycles. The lowest BCUT2D eigenvalue weighted by molar-refractivity contribution is -0.142. The van der Waals surface area contributed by atoms with Crippen molar-refractivity contribution < 1.29 is 29.1 Å². The Hall–Kier alpha value is -2.61. The fourth-order valence-electron chi connectivity index (χ4n) is 2.42. The van der Waals surface area contributed by atoms with Crippen molar-refractivity contribution in [3.8, 4) is 0 Å². The smallest absolute Gasteiger partial charge is 0.411 e. The molecule has 1 aliphatic rings. The van der Waals surface area contributed by atoms with Gasteiger partial charge in [-0.25, -0.2) is 15.1 Å². The first-order valence-electron chi connectivity index (χ1n) is 7.91. The molecule has 2 amide bonds. The van der Waals surface area contributed by atoms with Gasteiger partial charge in [-0.15, -0.1) is 0 Å². The number of amides is 2. The molecule has 0 spiro atoms. The molecular weight excluding hydrogens is 328 g/mol. The van der Waals surface area contributed by atoms with Crippen molar-refractivity contribution in [1.29, 1.82) is 0 Å². The predicted molar refractivity (Wildman–Crippen MR) is 87.8 cm³/mol. The van der Waals surface area contributed by atoms with Crippen molar-refractivity contribution in [3.05, 3.63) is 35.9 Å². The SMILES string of the molecule is CC(C)(C)OC(=O)N1C[C@@H](ONC(=O)c2ccccc2)C[C@@H]1C(=O)O. The number of hydrogen-bond acceptors (Lipinski definition) is 5. The second-order valence-corrected chi connectivity index (χ2v) is 6.76. The van der Waals surface area contributed by atoms with E-state index in [1.807, 2.05) is 0 Å². The first-order valence-corrected chi connectivity index (χ1v) is 7.91. The minimum atomic E-state index is -1.15. The van der Waals surface area contributed by atoms with Gasteiger partial charge in [-0.05, 0) is 32.9 Å². The summed E-state index contributed by atoms with van der Waals surface area (Å²) in [6.07, 6.45) is -1.30. The van der Waals surface area contributed by atoms with E-state index in [1.54, 1.807) is 51.1 Å². The number of ether oxygens (including phenoxy) is 1. The van der Waals surface area contributed by atoms with E-state index in [1.165, 1.54) is 0 Å². The van der Waals surface area contributed by atoms with Crippen molar-refractivity contribution in [1.82, 2.24) is 10.4 Å². The van der Waals surface area contributed by atoms with E-state index in [2.05, 4.69) is 5.48 Å². The summed E-state index contributed by atoms with van der Waals surface area (Å²) in [5.41, 5.74) is 1.98. The van der Waals surface area contributed by atoms with Crippen LogP contribution in [0.4, 0.5) is 4.79 Å². The Morgan fingerprint density at radius 2 is 1.84 bits per heavy atom. The molecule has 1 aromatic carbocycles. The fourth-order valence-corrected chi connectivity index (χ4v) is 2.42. The van der Waals surface area contributed by atoms with Crippen LogP contribution >= 0.6 is 0 Å². The molecule has 0 bridgehead atoms. The first-order chi connectivity index (χ1) is 11.7. The number of carboxylic acids is 1.